The predicted octanol–water partition coefficient (Wildman–Crippen LogP) is 3.31. The average Bonchev–Trinajstić information content (AvgIpc) is 2.19. The van der Waals surface area contributed by atoms with E-state index in [2.05, 4.69) is 27.0 Å². The van der Waals surface area contributed by atoms with Crippen molar-refractivity contribution < 1.29 is 20.1 Å². The molecular weight excluding hydrogens is 418 g/mol. The maximum absolute atomic E-state index is 4.24. The molecule has 0 aliphatic heterocycles. The quantitative estimate of drug-likeness (QED) is 0.640. The zero-order chi connectivity index (χ0) is 9.10. The Balaban J connectivity index is 0.000000980. The van der Waals surface area contributed by atoms with E-state index in [0.29, 0.717) is 0 Å². The van der Waals surface area contributed by atoms with Crippen LogP contribution in [-0.2, 0) is 20.1 Å². The van der Waals surface area contributed by atoms with Crippen LogP contribution in [0, 0.1) is 6.07 Å². The second-order valence-electron chi connectivity index (χ2n) is 2.64. The van der Waals surface area contributed by atoms with Gasteiger partial charge >= 0.3 is 0 Å². The van der Waals surface area contributed by atoms with Crippen molar-refractivity contribution in [2.75, 3.05) is 0 Å². The Hall–Kier alpha value is -0.501. The topological polar surface area (TPSA) is 12.9 Å². The third-order valence-corrected chi connectivity index (χ3v) is 2.20. The fourth-order valence-corrected chi connectivity index (χ4v) is 1.47. The summed E-state index contributed by atoms with van der Waals surface area (Å²) in [6, 6.07) is 14.8. The Morgan fingerprint density at radius 3 is 2.71 bits per heavy atom. The first-order chi connectivity index (χ1) is 6.36. The summed E-state index contributed by atoms with van der Waals surface area (Å²) in [4.78, 5) is 4.24. The van der Waals surface area contributed by atoms with E-state index in [1.807, 2.05) is 36.4 Å². The minimum absolute atomic E-state index is 0. The van der Waals surface area contributed by atoms with Crippen LogP contribution < -0.4 is 0 Å². The molecule has 3 heteroatoms. The van der Waals surface area contributed by atoms with Gasteiger partial charge in [-0.05, 0) is 11.8 Å². The van der Waals surface area contributed by atoms with Gasteiger partial charge in [-0.2, -0.15) is 0 Å². The molecule has 1 aromatic heterocycles. The summed E-state index contributed by atoms with van der Waals surface area (Å²) < 4.78 is 1.05. The molecule has 73 valence electrons. The standard InChI is InChI=1S/C11H7BrN.Ir/c12-10-5-3-4-9(8-10)11-6-1-2-7-13-11;/h1-3,5-8H;/q-1;. The monoisotopic (exact) mass is 425 g/mol. The molecule has 14 heavy (non-hydrogen) atoms. The molecule has 0 N–H and O–H groups in total. The van der Waals surface area contributed by atoms with Crippen molar-refractivity contribution in [3.05, 3.63) is 53.1 Å². The van der Waals surface area contributed by atoms with E-state index >= 15 is 0 Å². The zero-order valence-corrected chi connectivity index (χ0v) is 11.2. The molecule has 0 saturated carbocycles. The fraction of sp³-hybridized carbons (Fsp3) is 0. The maximum atomic E-state index is 4.24. The van der Waals surface area contributed by atoms with Gasteiger partial charge in [0.1, 0.15) is 0 Å². The molecule has 2 rings (SSSR count). The minimum Gasteiger partial charge on any atom is -0.305 e. The minimum atomic E-state index is 0. The van der Waals surface area contributed by atoms with Crippen LogP contribution in [0.3, 0.4) is 0 Å². The first-order valence-corrected chi connectivity index (χ1v) is 4.74. The first-order valence-electron chi connectivity index (χ1n) is 3.95. The molecule has 1 aromatic carbocycles. The van der Waals surface area contributed by atoms with E-state index in [-0.39, 0.29) is 20.1 Å². The van der Waals surface area contributed by atoms with Crippen LogP contribution in [0.25, 0.3) is 11.3 Å². The molecule has 0 aliphatic carbocycles. The molecule has 1 heterocycles. The largest absolute Gasteiger partial charge is 0.305 e. The Morgan fingerprint density at radius 1 is 1.21 bits per heavy atom. The number of rotatable bonds is 1. The molecule has 0 fully saturated rings. The van der Waals surface area contributed by atoms with Crippen molar-refractivity contribution in [1.82, 2.24) is 4.98 Å². The average molecular weight is 425 g/mol. The van der Waals surface area contributed by atoms with Gasteiger partial charge in [-0.1, -0.05) is 32.5 Å². The van der Waals surface area contributed by atoms with Crippen LogP contribution in [0.2, 0.25) is 0 Å². The molecule has 0 spiro atoms. The van der Waals surface area contributed by atoms with Gasteiger partial charge in [0, 0.05) is 26.3 Å². The van der Waals surface area contributed by atoms with Crippen molar-refractivity contribution in [1.29, 1.82) is 0 Å². The second-order valence-corrected chi connectivity index (χ2v) is 3.55. The summed E-state index contributed by atoms with van der Waals surface area (Å²) in [5.41, 5.74) is 1.96. The van der Waals surface area contributed by atoms with Gasteiger partial charge in [-0.25, -0.2) is 0 Å². The van der Waals surface area contributed by atoms with Crippen molar-refractivity contribution in [2.24, 2.45) is 0 Å². The van der Waals surface area contributed by atoms with Crippen molar-refractivity contribution >= 4 is 15.9 Å². The zero-order valence-electron chi connectivity index (χ0n) is 7.20. The molecule has 0 saturated heterocycles. The van der Waals surface area contributed by atoms with Crippen LogP contribution in [-0.4, -0.2) is 4.98 Å². The van der Waals surface area contributed by atoms with Crippen molar-refractivity contribution in [2.45, 2.75) is 0 Å². The van der Waals surface area contributed by atoms with Gasteiger partial charge in [0.25, 0.3) is 0 Å². The molecule has 0 aliphatic rings. The molecule has 0 atom stereocenters. The van der Waals surface area contributed by atoms with E-state index in [9.17, 15) is 0 Å². The number of aromatic nitrogens is 1. The number of benzene rings is 1. The normalized spacial score (nSPS) is 9.21. The van der Waals surface area contributed by atoms with E-state index in [0.717, 1.165) is 15.7 Å². The summed E-state index contributed by atoms with van der Waals surface area (Å²) in [6.45, 7) is 0. The van der Waals surface area contributed by atoms with Crippen molar-refractivity contribution in [3.63, 3.8) is 0 Å². The van der Waals surface area contributed by atoms with Gasteiger partial charge < -0.3 is 4.98 Å². The smallest absolute Gasteiger partial charge is 0.0160 e. The molecular formula is C11H7BrIrN-. The molecule has 1 nitrogen and oxygen atoms in total. The Bertz CT molecular complexity index is 403. The Morgan fingerprint density at radius 2 is 2.07 bits per heavy atom. The number of nitrogens with zero attached hydrogens (tertiary/aromatic N) is 1. The van der Waals surface area contributed by atoms with E-state index in [4.69, 9.17) is 0 Å². The number of halogens is 1. The van der Waals surface area contributed by atoms with E-state index in [1.54, 1.807) is 6.20 Å². The molecule has 1 radical (unpaired) electrons. The summed E-state index contributed by atoms with van der Waals surface area (Å²) in [6.07, 6.45) is 1.78. The maximum Gasteiger partial charge on any atom is 0.0160 e. The summed E-state index contributed by atoms with van der Waals surface area (Å²) in [5, 5.41) is 0. The fourth-order valence-electron chi connectivity index (χ4n) is 1.11. The third-order valence-electron chi connectivity index (χ3n) is 1.70. The van der Waals surface area contributed by atoms with E-state index < -0.39 is 0 Å². The third kappa shape index (κ3) is 2.74. The van der Waals surface area contributed by atoms with Crippen LogP contribution in [0.5, 0.6) is 0 Å². The molecule has 2 aromatic rings. The summed E-state index contributed by atoms with van der Waals surface area (Å²) in [7, 11) is 0. The number of pyridine rings is 1. The van der Waals surface area contributed by atoms with E-state index in [1.165, 1.54) is 0 Å². The summed E-state index contributed by atoms with van der Waals surface area (Å²) >= 11 is 3.41. The Kier molecular flexibility index (Phi) is 4.46. The van der Waals surface area contributed by atoms with Crippen molar-refractivity contribution in [3.8, 4) is 11.3 Å². The summed E-state index contributed by atoms with van der Waals surface area (Å²) in [5.74, 6) is 0. The van der Waals surface area contributed by atoms with Crippen LogP contribution >= 0.6 is 15.9 Å². The Labute approximate surface area is 105 Å². The molecule has 0 unspecified atom stereocenters. The van der Waals surface area contributed by atoms with Gasteiger partial charge in [0.15, 0.2) is 0 Å². The van der Waals surface area contributed by atoms with Crippen LogP contribution in [0.15, 0.2) is 47.1 Å². The first kappa shape index (κ1) is 11.6. The SMILES string of the molecule is Brc1cc[c-]c(-c2ccccn2)c1.[Ir]. The van der Waals surface area contributed by atoms with Gasteiger partial charge in [-0.3, -0.25) is 0 Å². The molecule has 0 amide bonds. The van der Waals surface area contributed by atoms with Gasteiger partial charge in [0.05, 0.1) is 0 Å². The van der Waals surface area contributed by atoms with Crippen LogP contribution in [0.4, 0.5) is 0 Å². The molecule has 0 bridgehead atoms. The number of hydrogen-bond acceptors (Lipinski definition) is 1. The van der Waals surface area contributed by atoms with Gasteiger partial charge in [-0.15, -0.1) is 29.8 Å². The predicted molar refractivity (Wildman–Crippen MR) is 56.2 cm³/mol. The second kappa shape index (κ2) is 5.40. The van der Waals surface area contributed by atoms with Crippen LogP contribution in [0.1, 0.15) is 0 Å². The van der Waals surface area contributed by atoms with Gasteiger partial charge in [0.2, 0.25) is 0 Å². The number of hydrogen-bond donors (Lipinski definition) is 0.